The predicted molar refractivity (Wildman–Crippen MR) is 71.9 cm³/mol. The molecular weight excluding hydrogens is 314 g/mol. The lowest BCUT2D eigenvalue weighted by molar-refractivity contribution is -0.162. The second-order valence-electron chi connectivity index (χ2n) is 4.61. The van der Waals surface area contributed by atoms with Gasteiger partial charge in [-0.1, -0.05) is 12.1 Å². The van der Waals surface area contributed by atoms with Crippen LogP contribution < -0.4 is 0 Å². The third-order valence-corrected chi connectivity index (χ3v) is 4.07. The lowest BCUT2D eigenvalue weighted by atomic mass is 9.91. The van der Waals surface area contributed by atoms with Crippen LogP contribution in [-0.2, 0) is 4.79 Å². The molecule has 1 fully saturated rings. The lowest BCUT2D eigenvalue weighted by Crippen LogP contribution is -2.50. The van der Waals surface area contributed by atoms with Crippen molar-refractivity contribution in [3.05, 3.63) is 34.3 Å². The first kappa shape index (κ1) is 14.0. The summed E-state index contributed by atoms with van der Waals surface area (Å²) in [6, 6.07) is 7.09. The molecular formula is C13H14BrNO4. The fourth-order valence-corrected chi connectivity index (χ4v) is 2.55. The van der Waals surface area contributed by atoms with Crippen molar-refractivity contribution < 1.29 is 19.8 Å². The molecule has 1 aromatic rings. The summed E-state index contributed by atoms with van der Waals surface area (Å²) in [4.78, 5) is 24.8. The molecule has 1 aliphatic rings. The number of carboxylic acids is 1. The molecule has 2 N–H and O–H groups in total. The number of piperidine rings is 1. The van der Waals surface area contributed by atoms with E-state index in [1.165, 1.54) is 0 Å². The van der Waals surface area contributed by atoms with Crippen molar-refractivity contribution in [1.82, 2.24) is 4.90 Å². The molecule has 0 radical (unpaired) electrons. The van der Waals surface area contributed by atoms with Gasteiger partial charge in [0.25, 0.3) is 5.91 Å². The minimum atomic E-state index is -1.70. The van der Waals surface area contributed by atoms with Gasteiger partial charge in [-0.25, -0.2) is 4.79 Å². The average molecular weight is 328 g/mol. The maximum absolute atomic E-state index is 12.3. The zero-order valence-electron chi connectivity index (χ0n) is 10.2. The van der Waals surface area contributed by atoms with E-state index in [4.69, 9.17) is 5.11 Å². The summed E-state index contributed by atoms with van der Waals surface area (Å²) in [5, 5.41) is 18.7. The highest BCUT2D eigenvalue weighted by Gasteiger charge is 2.40. The minimum absolute atomic E-state index is 0.0541. The number of rotatable bonds is 2. The molecule has 2 rings (SSSR count). The largest absolute Gasteiger partial charge is 0.479 e. The SMILES string of the molecule is O=C(c1ccccc1Br)N1CCC(O)(C(=O)O)CC1. The van der Waals surface area contributed by atoms with Gasteiger partial charge in [0.2, 0.25) is 0 Å². The first-order chi connectivity index (χ1) is 8.94. The van der Waals surface area contributed by atoms with Gasteiger partial charge < -0.3 is 15.1 Å². The van der Waals surface area contributed by atoms with E-state index in [0.717, 1.165) is 0 Å². The number of carbonyl (C=O) groups excluding carboxylic acids is 1. The molecule has 0 aromatic heterocycles. The molecule has 0 atom stereocenters. The fourth-order valence-electron chi connectivity index (χ4n) is 2.10. The molecule has 1 amide bonds. The molecule has 0 spiro atoms. The van der Waals surface area contributed by atoms with Gasteiger partial charge in [-0.05, 0) is 28.1 Å². The number of hydrogen-bond donors (Lipinski definition) is 2. The minimum Gasteiger partial charge on any atom is -0.479 e. The highest BCUT2D eigenvalue weighted by Crippen LogP contribution is 2.25. The van der Waals surface area contributed by atoms with Crippen molar-refractivity contribution in [3.8, 4) is 0 Å². The summed E-state index contributed by atoms with van der Waals surface area (Å²) in [5.74, 6) is -1.37. The van der Waals surface area contributed by atoms with E-state index in [2.05, 4.69) is 15.9 Å². The van der Waals surface area contributed by atoms with Gasteiger partial charge >= 0.3 is 5.97 Å². The maximum Gasteiger partial charge on any atom is 0.335 e. The molecule has 0 unspecified atom stereocenters. The molecule has 5 nitrogen and oxygen atoms in total. The van der Waals surface area contributed by atoms with Gasteiger partial charge in [-0.15, -0.1) is 0 Å². The van der Waals surface area contributed by atoms with Gasteiger partial charge in [0.05, 0.1) is 5.56 Å². The number of likely N-dealkylation sites (tertiary alicyclic amines) is 1. The second-order valence-corrected chi connectivity index (χ2v) is 5.46. The van der Waals surface area contributed by atoms with Crippen LogP contribution >= 0.6 is 15.9 Å². The Bertz CT molecular complexity index is 509. The van der Waals surface area contributed by atoms with Crippen LogP contribution in [0.4, 0.5) is 0 Å². The molecule has 0 saturated carbocycles. The van der Waals surface area contributed by atoms with Crippen molar-refractivity contribution >= 4 is 27.8 Å². The molecule has 1 saturated heterocycles. The predicted octanol–water partition coefficient (Wildman–Crippen LogP) is 1.50. The zero-order valence-corrected chi connectivity index (χ0v) is 11.8. The zero-order chi connectivity index (χ0) is 14.0. The fraction of sp³-hybridized carbons (Fsp3) is 0.385. The molecule has 1 heterocycles. The normalized spacial score (nSPS) is 18.1. The van der Waals surface area contributed by atoms with Crippen LogP contribution in [-0.4, -0.2) is 45.7 Å². The van der Waals surface area contributed by atoms with E-state index in [1.54, 1.807) is 23.1 Å². The Morgan fingerprint density at radius 3 is 2.32 bits per heavy atom. The van der Waals surface area contributed by atoms with Gasteiger partial charge in [0.15, 0.2) is 5.60 Å². The number of aliphatic carboxylic acids is 1. The lowest BCUT2D eigenvalue weighted by Gasteiger charge is -2.35. The Labute approximate surface area is 119 Å². The number of carboxylic acid groups (broad SMARTS) is 1. The van der Waals surface area contributed by atoms with Crippen LogP contribution in [0.2, 0.25) is 0 Å². The third kappa shape index (κ3) is 2.79. The van der Waals surface area contributed by atoms with Crippen molar-refractivity contribution in [2.45, 2.75) is 18.4 Å². The summed E-state index contributed by atoms with van der Waals surface area (Å²) in [6.45, 7) is 0.478. The van der Waals surface area contributed by atoms with E-state index in [9.17, 15) is 14.7 Å². The van der Waals surface area contributed by atoms with Crippen LogP contribution in [0.25, 0.3) is 0 Å². The smallest absolute Gasteiger partial charge is 0.335 e. The maximum atomic E-state index is 12.3. The molecule has 0 aliphatic carbocycles. The molecule has 19 heavy (non-hydrogen) atoms. The van der Waals surface area contributed by atoms with E-state index in [0.29, 0.717) is 10.0 Å². The Hall–Kier alpha value is -1.40. The van der Waals surface area contributed by atoms with Gasteiger partial charge in [-0.2, -0.15) is 0 Å². The number of hydrogen-bond acceptors (Lipinski definition) is 3. The molecule has 1 aromatic carbocycles. The number of benzene rings is 1. The van der Waals surface area contributed by atoms with Crippen molar-refractivity contribution in [2.24, 2.45) is 0 Å². The summed E-state index contributed by atoms with van der Waals surface area (Å²) in [7, 11) is 0. The van der Waals surface area contributed by atoms with Crippen molar-refractivity contribution in [1.29, 1.82) is 0 Å². The first-order valence-corrected chi connectivity index (χ1v) is 6.73. The average Bonchev–Trinajstić information content (AvgIpc) is 2.39. The molecule has 0 bridgehead atoms. The number of carbonyl (C=O) groups is 2. The Morgan fingerprint density at radius 1 is 1.21 bits per heavy atom. The van der Waals surface area contributed by atoms with Crippen molar-refractivity contribution in [3.63, 3.8) is 0 Å². The summed E-state index contributed by atoms with van der Waals surface area (Å²) in [6.07, 6.45) is 0.108. The van der Waals surface area contributed by atoms with Crippen LogP contribution in [0.1, 0.15) is 23.2 Å². The van der Waals surface area contributed by atoms with Crippen molar-refractivity contribution in [2.75, 3.05) is 13.1 Å². The Morgan fingerprint density at radius 2 is 1.79 bits per heavy atom. The van der Waals surface area contributed by atoms with E-state index in [1.807, 2.05) is 6.07 Å². The Balaban J connectivity index is 2.08. The van der Waals surface area contributed by atoms with Crippen LogP contribution in [0.3, 0.4) is 0 Å². The topological polar surface area (TPSA) is 77.8 Å². The third-order valence-electron chi connectivity index (χ3n) is 3.38. The molecule has 6 heteroatoms. The first-order valence-electron chi connectivity index (χ1n) is 5.93. The highest BCUT2D eigenvalue weighted by atomic mass is 79.9. The molecule has 102 valence electrons. The second kappa shape index (κ2) is 5.30. The number of nitrogens with zero attached hydrogens (tertiary/aromatic N) is 1. The highest BCUT2D eigenvalue weighted by molar-refractivity contribution is 9.10. The van der Waals surface area contributed by atoms with Crippen LogP contribution in [0.5, 0.6) is 0 Å². The van der Waals surface area contributed by atoms with E-state index >= 15 is 0 Å². The van der Waals surface area contributed by atoms with Gasteiger partial charge in [-0.3, -0.25) is 4.79 Å². The number of aliphatic hydroxyl groups is 1. The Kier molecular flexibility index (Phi) is 3.91. The van der Waals surface area contributed by atoms with Crippen LogP contribution in [0, 0.1) is 0 Å². The standard InChI is InChI=1S/C13H14BrNO4/c14-10-4-2-1-3-9(10)11(16)15-7-5-13(19,6-8-15)12(17)18/h1-4,19H,5-8H2,(H,17,18). The van der Waals surface area contributed by atoms with E-state index in [-0.39, 0.29) is 31.8 Å². The quantitative estimate of drug-likeness (QED) is 0.862. The summed E-state index contributed by atoms with van der Waals surface area (Å²) < 4.78 is 0.707. The summed E-state index contributed by atoms with van der Waals surface area (Å²) >= 11 is 3.32. The van der Waals surface area contributed by atoms with E-state index < -0.39 is 11.6 Å². The number of amides is 1. The summed E-state index contributed by atoms with van der Waals surface area (Å²) in [5.41, 5.74) is -1.16. The monoisotopic (exact) mass is 327 g/mol. The van der Waals surface area contributed by atoms with Crippen LogP contribution in [0.15, 0.2) is 28.7 Å². The van der Waals surface area contributed by atoms with Gasteiger partial charge in [0.1, 0.15) is 0 Å². The number of halogens is 1. The van der Waals surface area contributed by atoms with Gasteiger partial charge in [0, 0.05) is 30.4 Å². The molecule has 1 aliphatic heterocycles.